The monoisotopic (exact) mass is 301 g/mol. The van der Waals surface area contributed by atoms with Crippen LogP contribution in [0.3, 0.4) is 0 Å². The second-order valence-corrected chi connectivity index (χ2v) is 6.47. The fraction of sp³-hybridized carbons (Fsp3) is 0.938. The molecule has 0 spiro atoms. The molecule has 1 aliphatic carbocycles. The van der Waals surface area contributed by atoms with Gasteiger partial charge in [-0.15, -0.1) is 11.6 Å². The SMILES string of the molecule is O=C(CCC1CCCCO1)N(CCCl)C1CCCCC1. The molecule has 1 atom stereocenters. The van der Waals surface area contributed by atoms with Gasteiger partial charge in [0, 0.05) is 31.5 Å². The van der Waals surface area contributed by atoms with Gasteiger partial charge in [-0.3, -0.25) is 4.79 Å². The largest absolute Gasteiger partial charge is 0.378 e. The number of amides is 1. The fourth-order valence-corrected chi connectivity index (χ4v) is 3.64. The van der Waals surface area contributed by atoms with Crippen LogP contribution in [-0.4, -0.2) is 42.0 Å². The number of halogens is 1. The van der Waals surface area contributed by atoms with Crippen molar-refractivity contribution in [2.75, 3.05) is 19.0 Å². The first kappa shape index (κ1) is 16.1. The minimum absolute atomic E-state index is 0.284. The molecule has 1 aliphatic heterocycles. The Morgan fingerprint density at radius 2 is 1.85 bits per heavy atom. The molecule has 116 valence electrons. The van der Waals surface area contributed by atoms with E-state index in [2.05, 4.69) is 4.90 Å². The molecule has 20 heavy (non-hydrogen) atoms. The summed E-state index contributed by atoms with van der Waals surface area (Å²) in [7, 11) is 0. The third kappa shape index (κ3) is 4.92. The van der Waals surface area contributed by atoms with Gasteiger partial charge in [0.2, 0.25) is 5.91 Å². The summed E-state index contributed by atoms with van der Waals surface area (Å²) in [6.07, 6.45) is 11.5. The Hall–Kier alpha value is -0.280. The molecular weight excluding hydrogens is 274 g/mol. The summed E-state index contributed by atoms with van der Waals surface area (Å²) in [5, 5.41) is 0. The predicted molar refractivity (Wildman–Crippen MR) is 82.1 cm³/mol. The summed E-state index contributed by atoms with van der Waals surface area (Å²) in [5.41, 5.74) is 0. The molecule has 2 rings (SSSR count). The van der Waals surface area contributed by atoms with Gasteiger partial charge < -0.3 is 9.64 Å². The fourth-order valence-electron chi connectivity index (χ4n) is 3.46. The van der Waals surface area contributed by atoms with Crippen LogP contribution in [0.4, 0.5) is 0 Å². The second-order valence-electron chi connectivity index (χ2n) is 6.10. The van der Waals surface area contributed by atoms with E-state index in [1.54, 1.807) is 0 Å². The number of rotatable bonds is 6. The van der Waals surface area contributed by atoms with Crippen molar-refractivity contribution in [1.82, 2.24) is 4.90 Å². The van der Waals surface area contributed by atoms with Crippen LogP contribution in [0, 0.1) is 0 Å². The van der Waals surface area contributed by atoms with E-state index in [9.17, 15) is 4.79 Å². The Labute approximate surface area is 128 Å². The minimum atomic E-state index is 0.284. The molecule has 1 unspecified atom stereocenters. The standard InChI is InChI=1S/C16H28ClNO2/c17-11-12-18(14-6-2-1-3-7-14)16(19)10-9-15-8-4-5-13-20-15/h14-15H,1-13H2. The van der Waals surface area contributed by atoms with Crippen LogP contribution in [-0.2, 0) is 9.53 Å². The molecule has 0 aromatic rings. The van der Waals surface area contributed by atoms with Crippen molar-refractivity contribution in [3.05, 3.63) is 0 Å². The lowest BCUT2D eigenvalue weighted by molar-refractivity contribution is -0.135. The van der Waals surface area contributed by atoms with E-state index in [0.717, 1.165) is 32.3 Å². The summed E-state index contributed by atoms with van der Waals surface area (Å²) >= 11 is 5.89. The molecule has 0 radical (unpaired) electrons. The molecule has 1 heterocycles. The van der Waals surface area contributed by atoms with E-state index in [1.165, 1.54) is 32.1 Å². The number of ether oxygens (including phenoxy) is 1. The van der Waals surface area contributed by atoms with Gasteiger partial charge in [0.05, 0.1) is 6.10 Å². The topological polar surface area (TPSA) is 29.5 Å². The van der Waals surface area contributed by atoms with Gasteiger partial charge in [-0.2, -0.15) is 0 Å². The molecule has 0 N–H and O–H groups in total. The summed E-state index contributed by atoms with van der Waals surface area (Å²) in [4.78, 5) is 14.5. The second kappa shape index (κ2) is 8.89. The van der Waals surface area contributed by atoms with Crippen molar-refractivity contribution >= 4 is 17.5 Å². The quantitative estimate of drug-likeness (QED) is 0.700. The highest BCUT2D eigenvalue weighted by Crippen LogP contribution is 2.24. The van der Waals surface area contributed by atoms with Gasteiger partial charge in [0.1, 0.15) is 0 Å². The van der Waals surface area contributed by atoms with Crippen molar-refractivity contribution < 1.29 is 9.53 Å². The Morgan fingerprint density at radius 3 is 2.50 bits per heavy atom. The van der Waals surface area contributed by atoms with Crippen LogP contribution in [0.15, 0.2) is 0 Å². The van der Waals surface area contributed by atoms with Gasteiger partial charge in [-0.1, -0.05) is 19.3 Å². The van der Waals surface area contributed by atoms with Crippen LogP contribution < -0.4 is 0 Å². The van der Waals surface area contributed by atoms with E-state index in [-0.39, 0.29) is 5.91 Å². The number of carbonyl (C=O) groups is 1. The first-order chi connectivity index (χ1) is 9.81. The third-order valence-corrected chi connectivity index (χ3v) is 4.78. The Balaban J connectivity index is 1.79. The number of carbonyl (C=O) groups excluding carboxylic acids is 1. The molecule has 2 fully saturated rings. The zero-order valence-electron chi connectivity index (χ0n) is 12.5. The molecule has 4 heteroatoms. The van der Waals surface area contributed by atoms with E-state index < -0.39 is 0 Å². The van der Waals surface area contributed by atoms with E-state index in [1.807, 2.05) is 0 Å². The maximum absolute atomic E-state index is 12.5. The first-order valence-corrected chi connectivity index (χ1v) is 8.81. The van der Waals surface area contributed by atoms with E-state index in [4.69, 9.17) is 16.3 Å². The summed E-state index contributed by atoms with van der Waals surface area (Å²) in [6, 6.07) is 0.433. The average Bonchev–Trinajstić information content (AvgIpc) is 2.52. The molecule has 1 amide bonds. The number of hydrogen-bond donors (Lipinski definition) is 0. The zero-order valence-corrected chi connectivity index (χ0v) is 13.2. The van der Waals surface area contributed by atoms with Gasteiger partial charge >= 0.3 is 0 Å². The Bertz CT molecular complexity index is 286. The highest BCUT2D eigenvalue weighted by Gasteiger charge is 2.25. The molecule has 2 aliphatic rings. The molecule has 1 saturated heterocycles. The average molecular weight is 302 g/mol. The molecule has 3 nitrogen and oxygen atoms in total. The lowest BCUT2D eigenvalue weighted by atomic mass is 9.93. The highest BCUT2D eigenvalue weighted by atomic mass is 35.5. The van der Waals surface area contributed by atoms with Crippen LogP contribution in [0.25, 0.3) is 0 Å². The summed E-state index contributed by atoms with van der Waals surface area (Å²) < 4.78 is 5.72. The predicted octanol–water partition coefficient (Wildman–Crippen LogP) is 3.74. The maximum Gasteiger partial charge on any atom is 0.222 e. The normalized spacial score (nSPS) is 24.6. The summed E-state index contributed by atoms with van der Waals surface area (Å²) in [5.74, 6) is 0.828. The van der Waals surface area contributed by atoms with Crippen LogP contribution >= 0.6 is 11.6 Å². The molecule has 1 saturated carbocycles. The molecular formula is C16H28ClNO2. The molecule has 0 bridgehead atoms. The van der Waals surface area contributed by atoms with Crippen molar-refractivity contribution in [3.63, 3.8) is 0 Å². The smallest absolute Gasteiger partial charge is 0.222 e. The highest BCUT2D eigenvalue weighted by molar-refractivity contribution is 6.18. The lowest BCUT2D eigenvalue weighted by Crippen LogP contribution is -2.42. The minimum Gasteiger partial charge on any atom is -0.378 e. The Morgan fingerprint density at radius 1 is 1.10 bits per heavy atom. The van der Waals surface area contributed by atoms with Crippen LogP contribution in [0.1, 0.15) is 64.2 Å². The lowest BCUT2D eigenvalue weighted by Gasteiger charge is -2.34. The van der Waals surface area contributed by atoms with Crippen LogP contribution in [0.5, 0.6) is 0 Å². The summed E-state index contributed by atoms with van der Waals surface area (Å²) in [6.45, 7) is 1.57. The van der Waals surface area contributed by atoms with Gasteiger partial charge in [0.15, 0.2) is 0 Å². The zero-order chi connectivity index (χ0) is 14.2. The third-order valence-electron chi connectivity index (χ3n) is 4.62. The van der Waals surface area contributed by atoms with Crippen molar-refractivity contribution in [3.8, 4) is 0 Å². The van der Waals surface area contributed by atoms with Crippen LogP contribution in [0.2, 0.25) is 0 Å². The number of hydrogen-bond acceptors (Lipinski definition) is 2. The van der Waals surface area contributed by atoms with Crippen molar-refractivity contribution in [2.45, 2.75) is 76.4 Å². The van der Waals surface area contributed by atoms with Gasteiger partial charge in [-0.25, -0.2) is 0 Å². The number of nitrogens with zero attached hydrogens (tertiary/aromatic N) is 1. The molecule has 0 aromatic carbocycles. The van der Waals surface area contributed by atoms with E-state index >= 15 is 0 Å². The van der Waals surface area contributed by atoms with Gasteiger partial charge in [-0.05, 0) is 38.5 Å². The Kier molecular flexibility index (Phi) is 7.15. The first-order valence-electron chi connectivity index (χ1n) is 8.28. The van der Waals surface area contributed by atoms with E-state index in [0.29, 0.717) is 31.0 Å². The van der Waals surface area contributed by atoms with Crippen molar-refractivity contribution in [2.24, 2.45) is 0 Å². The van der Waals surface area contributed by atoms with Gasteiger partial charge in [0.25, 0.3) is 0 Å². The van der Waals surface area contributed by atoms with Crippen molar-refractivity contribution in [1.29, 1.82) is 0 Å². The molecule has 0 aromatic heterocycles. The number of alkyl halides is 1. The maximum atomic E-state index is 12.5.